The summed E-state index contributed by atoms with van der Waals surface area (Å²) in [6, 6.07) is 1.79. The molecule has 0 saturated carbocycles. The van der Waals surface area contributed by atoms with Crippen molar-refractivity contribution < 1.29 is 5.11 Å². The van der Waals surface area contributed by atoms with Gasteiger partial charge in [-0.2, -0.15) is 0 Å². The van der Waals surface area contributed by atoms with E-state index in [1.807, 2.05) is 0 Å². The van der Waals surface area contributed by atoms with E-state index >= 15 is 0 Å². The third kappa shape index (κ3) is 1.41. The molecule has 0 radical (unpaired) electrons. The minimum Gasteiger partial charge on any atom is -0.506 e. The summed E-state index contributed by atoms with van der Waals surface area (Å²) in [7, 11) is 0. The van der Waals surface area contributed by atoms with Gasteiger partial charge >= 0.3 is 0 Å². The molecule has 1 aromatic rings. The van der Waals surface area contributed by atoms with Gasteiger partial charge in [0, 0.05) is 11.3 Å². The van der Waals surface area contributed by atoms with Crippen molar-refractivity contribution in [1.82, 2.24) is 0 Å². The van der Waals surface area contributed by atoms with Crippen molar-refractivity contribution in [2.75, 3.05) is 5.73 Å². The molecular weight excluding hydrogens is 230 g/mol. The number of benzene rings is 1. The molecule has 0 unspecified atom stereocenters. The summed E-state index contributed by atoms with van der Waals surface area (Å²) < 4.78 is 0.714. The molecule has 0 atom stereocenters. The smallest absolute Gasteiger partial charge is 0.133 e. The largest absolute Gasteiger partial charge is 0.506 e. The van der Waals surface area contributed by atoms with E-state index in [0.717, 1.165) is 36.1 Å². The molecule has 0 bridgehead atoms. The molecule has 0 heterocycles. The molecule has 1 aliphatic rings. The molecule has 2 rings (SSSR count). The molecule has 0 saturated heterocycles. The Morgan fingerprint density at radius 1 is 1.23 bits per heavy atom. The van der Waals surface area contributed by atoms with Crippen LogP contribution >= 0.6 is 15.9 Å². The molecular formula is C10H12BrNO. The van der Waals surface area contributed by atoms with Gasteiger partial charge in [-0.1, -0.05) is 0 Å². The highest BCUT2D eigenvalue weighted by atomic mass is 79.9. The molecule has 0 fully saturated rings. The average Bonchev–Trinajstić information content (AvgIpc) is 2.15. The van der Waals surface area contributed by atoms with Gasteiger partial charge in [0.1, 0.15) is 5.75 Å². The van der Waals surface area contributed by atoms with Crippen molar-refractivity contribution in [3.8, 4) is 5.75 Å². The Labute approximate surface area is 85.9 Å². The monoisotopic (exact) mass is 241 g/mol. The second kappa shape index (κ2) is 3.22. The van der Waals surface area contributed by atoms with Crippen LogP contribution in [0, 0.1) is 0 Å². The zero-order chi connectivity index (χ0) is 9.42. The lowest BCUT2D eigenvalue weighted by molar-refractivity contribution is 0.459. The van der Waals surface area contributed by atoms with Gasteiger partial charge in [-0.05, 0) is 53.2 Å². The fourth-order valence-corrected chi connectivity index (χ4v) is 2.41. The molecule has 0 aromatic heterocycles. The number of phenolic OH excluding ortho intramolecular Hbond substituents is 1. The fraction of sp³-hybridized carbons (Fsp3) is 0.400. The van der Waals surface area contributed by atoms with E-state index in [-0.39, 0.29) is 0 Å². The Hall–Kier alpha value is -0.700. The molecule has 1 aliphatic carbocycles. The molecule has 13 heavy (non-hydrogen) atoms. The van der Waals surface area contributed by atoms with Crippen molar-refractivity contribution in [2.45, 2.75) is 25.7 Å². The highest BCUT2D eigenvalue weighted by Crippen LogP contribution is 2.38. The molecule has 0 spiro atoms. The third-order valence-corrected chi connectivity index (χ3v) is 3.22. The van der Waals surface area contributed by atoms with Crippen LogP contribution in [-0.4, -0.2) is 5.11 Å². The zero-order valence-electron chi connectivity index (χ0n) is 7.31. The maximum atomic E-state index is 9.77. The highest BCUT2D eigenvalue weighted by molar-refractivity contribution is 9.10. The van der Waals surface area contributed by atoms with Gasteiger partial charge in [0.2, 0.25) is 0 Å². The van der Waals surface area contributed by atoms with E-state index in [1.165, 1.54) is 6.42 Å². The number of fused-ring (bicyclic) bond motifs is 1. The van der Waals surface area contributed by atoms with Crippen LogP contribution in [0.2, 0.25) is 0 Å². The van der Waals surface area contributed by atoms with E-state index in [2.05, 4.69) is 15.9 Å². The van der Waals surface area contributed by atoms with Crippen LogP contribution in [0.15, 0.2) is 10.5 Å². The number of hydrogen-bond acceptors (Lipinski definition) is 2. The number of rotatable bonds is 0. The second-order valence-electron chi connectivity index (χ2n) is 3.46. The normalized spacial score (nSPS) is 15.5. The average molecular weight is 242 g/mol. The van der Waals surface area contributed by atoms with Crippen molar-refractivity contribution in [1.29, 1.82) is 0 Å². The number of halogens is 1. The Morgan fingerprint density at radius 3 is 2.54 bits per heavy atom. The topological polar surface area (TPSA) is 46.2 Å². The summed E-state index contributed by atoms with van der Waals surface area (Å²) in [6.45, 7) is 0. The minimum atomic E-state index is 0.379. The van der Waals surface area contributed by atoms with E-state index in [4.69, 9.17) is 5.73 Å². The third-order valence-electron chi connectivity index (χ3n) is 2.61. The number of nitrogens with two attached hydrogens (primary N) is 1. The summed E-state index contributed by atoms with van der Waals surface area (Å²) >= 11 is 3.30. The maximum absolute atomic E-state index is 9.77. The summed E-state index contributed by atoms with van der Waals surface area (Å²) in [4.78, 5) is 0. The van der Waals surface area contributed by atoms with Crippen LogP contribution in [0.1, 0.15) is 24.0 Å². The van der Waals surface area contributed by atoms with Gasteiger partial charge in [0.25, 0.3) is 0 Å². The van der Waals surface area contributed by atoms with Crippen LogP contribution in [0.4, 0.5) is 5.69 Å². The quantitative estimate of drug-likeness (QED) is 0.542. The van der Waals surface area contributed by atoms with E-state index in [0.29, 0.717) is 10.2 Å². The fourth-order valence-electron chi connectivity index (χ4n) is 1.92. The number of nitrogen functional groups attached to an aromatic ring is 1. The van der Waals surface area contributed by atoms with Gasteiger partial charge in [0.15, 0.2) is 0 Å². The molecule has 0 aliphatic heterocycles. The molecule has 1 aromatic carbocycles. The Bertz CT molecular complexity index is 349. The van der Waals surface area contributed by atoms with Crippen LogP contribution in [0.5, 0.6) is 5.75 Å². The number of hydrogen-bond donors (Lipinski definition) is 2. The Balaban J connectivity index is 2.63. The van der Waals surface area contributed by atoms with Gasteiger partial charge in [0.05, 0.1) is 4.47 Å². The maximum Gasteiger partial charge on any atom is 0.133 e. The molecule has 70 valence electrons. The first-order valence-corrected chi connectivity index (χ1v) is 5.28. The number of phenols is 1. The molecule has 3 N–H and O–H groups in total. The van der Waals surface area contributed by atoms with Gasteiger partial charge in [-0.15, -0.1) is 0 Å². The number of aromatic hydroxyl groups is 1. The first-order valence-electron chi connectivity index (χ1n) is 4.49. The van der Waals surface area contributed by atoms with E-state index in [1.54, 1.807) is 6.07 Å². The summed E-state index contributed by atoms with van der Waals surface area (Å²) in [5.41, 5.74) is 8.86. The molecule has 2 nitrogen and oxygen atoms in total. The molecule has 3 heteroatoms. The lowest BCUT2D eigenvalue weighted by Crippen LogP contribution is -2.06. The Kier molecular flexibility index (Phi) is 2.20. The lowest BCUT2D eigenvalue weighted by atomic mass is 9.90. The zero-order valence-corrected chi connectivity index (χ0v) is 8.89. The molecule has 0 amide bonds. The first-order chi connectivity index (χ1) is 6.20. The van der Waals surface area contributed by atoms with Gasteiger partial charge in [-0.3, -0.25) is 0 Å². The second-order valence-corrected chi connectivity index (χ2v) is 4.31. The first kappa shape index (κ1) is 8.88. The predicted octanol–water partition coefficient (Wildman–Crippen LogP) is 2.62. The van der Waals surface area contributed by atoms with Crippen molar-refractivity contribution >= 4 is 21.6 Å². The van der Waals surface area contributed by atoms with E-state index < -0.39 is 0 Å². The van der Waals surface area contributed by atoms with Crippen LogP contribution in [0.25, 0.3) is 0 Å². The van der Waals surface area contributed by atoms with Crippen LogP contribution in [-0.2, 0) is 12.8 Å². The van der Waals surface area contributed by atoms with Crippen LogP contribution in [0.3, 0.4) is 0 Å². The minimum absolute atomic E-state index is 0.379. The SMILES string of the molecule is Nc1cc(Br)c(O)c2c1CCCC2. The Morgan fingerprint density at radius 2 is 1.85 bits per heavy atom. The standard InChI is InChI=1S/C10H12BrNO/c11-8-5-9(12)6-3-1-2-4-7(6)10(8)13/h5,13H,1-4,12H2. The van der Waals surface area contributed by atoms with E-state index in [9.17, 15) is 5.11 Å². The summed E-state index contributed by atoms with van der Waals surface area (Å²) in [5, 5.41) is 9.77. The number of anilines is 1. The van der Waals surface area contributed by atoms with Crippen molar-refractivity contribution in [3.63, 3.8) is 0 Å². The predicted molar refractivity (Wildman–Crippen MR) is 56.9 cm³/mol. The lowest BCUT2D eigenvalue weighted by Gasteiger charge is -2.19. The summed E-state index contributed by atoms with van der Waals surface area (Å²) in [6.07, 6.45) is 4.28. The highest BCUT2D eigenvalue weighted by Gasteiger charge is 2.17. The van der Waals surface area contributed by atoms with Crippen molar-refractivity contribution in [3.05, 3.63) is 21.7 Å². The summed E-state index contributed by atoms with van der Waals surface area (Å²) in [5.74, 6) is 0.379. The van der Waals surface area contributed by atoms with Crippen molar-refractivity contribution in [2.24, 2.45) is 0 Å². The van der Waals surface area contributed by atoms with Gasteiger partial charge in [-0.25, -0.2) is 0 Å². The van der Waals surface area contributed by atoms with Crippen LogP contribution < -0.4 is 5.73 Å². The van der Waals surface area contributed by atoms with Gasteiger partial charge < -0.3 is 10.8 Å².